The summed E-state index contributed by atoms with van der Waals surface area (Å²) in [5, 5.41) is 0.512. The van der Waals surface area contributed by atoms with E-state index >= 15 is 0 Å². The fraction of sp³-hybridized carbons (Fsp3) is 0.571. The number of benzene rings is 1. The minimum absolute atomic E-state index is 0.102. The van der Waals surface area contributed by atoms with Crippen LogP contribution in [0.2, 0.25) is 5.02 Å². The lowest BCUT2D eigenvalue weighted by atomic mass is 9.87. The summed E-state index contributed by atoms with van der Waals surface area (Å²) in [4.78, 5) is 0.287. The normalized spacial score (nSPS) is 24.1. The molecule has 0 radical (unpaired) electrons. The van der Waals surface area contributed by atoms with Crippen molar-refractivity contribution in [3.63, 3.8) is 0 Å². The number of hydrogen-bond donors (Lipinski definition) is 0. The Balaban J connectivity index is 2.23. The van der Waals surface area contributed by atoms with Gasteiger partial charge >= 0.3 is 0 Å². The molecule has 1 saturated carbocycles. The molecule has 0 unspecified atom stereocenters. The van der Waals surface area contributed by atoms with Gasteiger partial charge in [0.15, 0.2) is 0 Å². The molecule has 1 aromatic carbocycles. The van der Waals surface area contributed by atoms with Crippen LogP contribution in [0.3, 0.4) is 0 Å². The summed E-state index contributed by atoms with van der Waals surface area (Å²) in [6.45, 7) is 2.22. The molecule has 1 aliphatic carbocycles. The highest BCUT2D eigenvalue weighted by Crippen LogP contribution is 2.31. The predicted molar refractivity (Wildman–Crippen MR) is 85.5 cm³/mol. The summed E-state index contributed by atoms with van der Waals surface area (Å²) in [6, 6.07) is 4.84. The average molecular weight is 381 g/mol. The number of sulfonamides is 1. The Bertz CT molecular complexity index is 583. The van der Waals surface area contributed by atoms with E-state index in [1.165, 1.54) is 4.31 Å². The first-order valence-corrected chi connectivity index (χ1v) is 9.36. The highest BCUT2D eigenvalue weighted by molar-refractivity contribution is 9.10. The molecule has 3 nitrogen and oxygen atoms in total. The molecule has 0 saturated heterocycles. The van der Waals surface area contributed by atoms with E-state index in [1.54, 1.807) is 25.2 Å². The van der Waals surface area contributed by atoms with E-state index < -0.39 is 10.0 Å². The third-order valence-corrected chi connectivity index (χ3v) is 7.19. The van der Waals surface area contributed by atoms with Crippen molar-refractivity contribution in [3.05, 3.63) is 27.7 Å². The van der Waals surface area contributed by atoms with Gasteiger partial charge in [-0.15, -0.1) is 0 Å². The van der Waals surface area contributed by atoms with Crippen molar-refractivity contribution in [2.45, 2.75) is 43.5 Å². The van der Waals surface area contributed by atoms with Crippen molar-refractivity contribution in [3.8, 4) is 0 Å². The maximum Gasteiger partial charge on any atom is 0.243 e. The van der Waals surface area contributed by atoms with Crippen molar-refractivity contribution >= 4 is 37.6 Å². The zero-order valence-electron chi connectivity index (χ0n) is 11.6. The van der Waals surface area contributed by atoms with E-state index in [9.17, 15) is 8.42 Å². The summed E-state index contributed by atoms with van der Waals surface area (Å²) < 4.78 is 27.4. The van der Waals surface area contributed by atoms with Gasteiger partial charge in [0.2, 0.25) is 10.0 Å². The van der Waals surface area contributed by atoms with Gasteiger partial charge in [-0.2, -0.15) is 4.31 Å². The molecule has 0 amide bonds. The van der Waals surface area contributed by atoms with Gasteiger partial charge in [-0.1, -0.05) is 18.5 Å². The van der Waals surface area contributed by atoms with E-state index in [0.29, 0.717) is 15.4 Å². The molecule has 6 heteroatoms. The van der Waals surface area contributed by atoms with Crippen LogP contribution in [0.4, 0.5) is 0 Å². The van der Waals surface area contributed by atoms with Crippen LogP contribution in [0, 0.1) is 5.92 Å². The van der Waals surface area contributed by atoms with E-state index in [4.69, 9.17) is 11.6 Å². The quantitative estimate of drug-likeness (QED) is 0.784. The van der Waals surface area contributed by atoms with E-state index in [2.05, 4.69) is 22.9 Å². The number of rotatable bonds is 3. The highest BCUT2D eigenvalue weighted by atomic mass is 79.9. The minimum atomic E-state index is -3.45. The second-order valence-electron chi connectivity index (χ2n) is 5.51. The van der Waals surface area contributed by atoms with Gasteiger partial charge < -0.3 is 0 Å². The molecule has 0 spiro atoms. The minimum Gasteiger partial charge on any atom is -0.207 e. The Hall–Kier alpha value is -0.100. The van der Waals surface area contributed by atoms with Crippen molar-refractivity contribution in [1.29, 1.82) is 0 Å². The van der Waals surface area contributed by atoms with Crippen LogP contribution in [0.25, 0.3) is 0 Å². The van der Waals surface area contributed by atoms with Gasteiger partial charge in [-0.05, 0) is 65.7 Å². The Kier molecular flexibility index (Phi) is 5.16. The number of halogens is 2. The molecular weight excluding hydrogens is 362 g/mol. The lowest BCUT2D eigenvalue weighted by Crippen LogP contribution is -2.39. The van der Waals surface area contributed by atoms with Crippen molar-refractivity contribution in [2.75, 3.05) is 7.05 Å². The molecule has 0 N–H and O–H groups in total. The zero-order chi connectivity index (χ0) is 14.9. The standard InChI is InChI=1S/C14H19BrClNO2S/c1-10-3-5-11(6-4-10)17(2)20(18,19)12-7-8-14(16)13(15)9-12/h7-11H,3-6H2,1-2H3. The third-order valence-electron chi connectivity index (χ3n) is 4.07. The van der Waals surface area contributed by atoms with Gasteiger partial charge in [0.1, 0.15) is 0 Å². The summed E-state index contributed by atoms with van der Waals surface area (Å²) in [5.41, 5.74) is 0. The Morgan fingerprint density at radius 3 is 2.40 bits per heavy atom. The van der Waals surface area contributed by atoms with Crippen molar-refractivity contribution in [2.24, 2.45) is 5.92 Å². The molecule has 0 heterocycles. The predicted octanol–water partition coefficient (Wildman–Crippen LogP) is 4.30. The first kappa shape index (κ1) is 16.3. The van der Waals surface area contributed by atoms with Crippen molar-refractivity contribution < 1.29 is 8.42 Å². The molecule has 112 valence electrons. The monoisotopic (exact) mass is 379 g/mol. The maximum absolute atomic E-state index is 12.6. The topological polar surface area (TPSA) is 37.4 Å². The van der Waals surface area contributed by atoms with E-state index in [0.717, 1.165) is 25.7 Å². The molecule has 0 bridgehead atoms. The van der Waals surface area contributed by atoms with E-state index in [-0.39, 0.29) is 10.9 Å². The summed E-state index contributed by atoms with van der Waals surface area (Å²) in [6.07, 6.45) is 4.06. The van der Waals surface area contributed by atoms with Crippen LogP contribution >= 0.6 is 27.5 Å². The fourth-order valence-electron chi connectivity index (χ4n) is 2.61. The molecule has 1 fully saturated rings. The molecule has 2 rings (SSSR count). The number of nitrogens with zero attached hydrogens (tertiary/aromatic N) is 1. The molecule has 1 aliphatic rings. The first-order chi connectivity index (χ1) is 9.32. The highest BCUT2D eigenvalue weighted by Gasteiger charge is 2.30. The largest absolute Gasteiger partial charge is 0.243 e. The van der Waals surface area contributed by atoms with Crippen molar-refractivity contribution in [1.82, 2.24) is 4.31 Å². The van der Waals surface area contributed by atoms with Crippen LogP contribution in [0.1, 0.15) is 32.6 Å². The smallest absolute Gasteiger partial charge is 0.207 e. The maximum atomic E-state index is 12.6. The molecule has 0 aromatic heterocycles. The first-order valence-electron chi connectivity index (χ1n) is 6.75. The molecular formula is C14H19BrClNO2S. The zero-order valence-corrected chi connectivity index (χ0v) is 14.8. The fourth-order valence-corrected chi connectivity index (χ4v) is 4.70. The number of hydrogen-bond acceptors (Lipinski definition) is 2. The Morgan fingerprint density at radius 2 is 1.85 bits per heavy atom. The van der Waals surface area contributed by atoms with Gasteiger partial charge in [-0.25, -0.2) is 8.42 Å². The lowest BCUT2D eigenvalue weighted by molar-refractivity contribution is 0.246. The molecule has 0 atom stereocenters. The summed E-state index contributed by atoms with van der Waals surface area (Å²) in [5.74, 6) is 0.701. The average Bonchev–Trinajstić information content (AvgIpc) is 2.41. The summed E-state index contributed by atoms with van der Waals surface area (Å²) >= 11 is 9.20. The molecule has 20 heavy (non-hydrogen) atoms. The third kappa shape index (κ3) is 3.38. The Morgan fingerprint density at radius 1 is 1.25 bits per heavy atom. The van der Waals surface area contributed by atoms with Crippen LogP contribution in [-0.2, 0) is 10.0 Å². The Labute approximate surface area is 134 Å². The lowest BCUT2D eigenvalue weighted by Gasteiger charge is -2.32. The van der Waals surface area contributed by atoms with Gasteiger partial charge in [0, 0.05) is 17.6 Å². The van der Waals surface area contributed by atoms with Gasteiger partial charge in [0.25, 0.3) is 0 Å². The van der Waals surface area contributed by atoms with Crippen LogP contribution in [0.5, 0.6) is 0 Å². The van der Waals surface area contributed by atoms with Crippen LogP contribution < -0.4 is 0 Å². The van der Waals surface area contributed by atoms with Crippen LogP contribution in [-0.4, -0.2) is 25.8 Å². The second kappa shape index (κ2) is 6.34. The van der Waals surface area contributed by atoms with Gasteiger partial charge in [-0.3, -0.25) is 0 Å². The van der Waals surface area contributed by atoms with Gasteiger partial charge in [0.05, 0.1) is 9.92 Å². The molecule has 0 aliphatic heterocycles. The SMILES string of the molecule is CC1CCC(N(C)S(=O)(=O)c2ccc(Cl)c(Br)c2)CC1. The second-order valence-corrected chi connectivity index (χ2v) is 8.77. The molecule has 1 aromatic rings. The van der Waals surface area contributed by atoms with E-state index in [1.807, 2.05) is 0 Å². The summed E-state index contributed by atoms with van der Waals surface area (Å²) in [7, 11) is -1.77. The van der Waals surface area contributed by atoms with Crippen LogP contribution in [0.15, 0.2) is 27.6 Å².